The van der Waals surface area contributed by atoms with Crippen LogP contribution in [0.15, 0.2) is 91.0 Å². The van der Waals surface area contributed by atoms with E-state index in [1.54, 1.807) is 0 Å². The van der Waals surface area contributed by atoms with E-state index in [9.17, 15) is 0 Å². The molecule has 0 aliphatic carbocycles. The van der Waals surface area contributed by atoms with Gasteiger partial charge in [0.2, 0.25) is 0 Å². The molecule has 3 rings (SSSR count). The van der Waals surface area contributed by atoms with Gasteiger partial charge in [-0.05, 0) is 0 Å². The average molecular weight is 458 g/mol. The quantitative estimate of drug-likeness (QED) is 0.128. The zero-order chi connectivity index (χ0) is 17.9. The van der Waals surface area contributed by atoms with Crippen LogP contribution in [0.5, 0.6) is 0 Å². The van der Waals surface area contributed by atoms with Crippen molar-refractivity contribution in [2.75, 3.05) is 4.93 Å². The van der Waals surface area contributed by atoms with Crippen LogP contribution in [0.25, 0.3) is 0 Å². The summed E-state index contributed by atoms with van der Waals surface area (Å²) in [6.07, 6.45) is 0. The first-order chi connectivity index (χ1) is 12.0. The van der Waals surface area contributed by atoms with Crippen LogP contribution in [0.1, 0.15) is 16.7 Å². The molecule has 3 aromatic carbocycles. The van der Waals surface area contributed by atoms with E-state index in [4.69, 9.17) is 0 Å². The van der Waals surface area contributed by atoms with Crippen LogP contribution >= 0.6 is 19.0 Å². The maximum atomic E-state index is 2.61. The number of hydrogen-bond acceptors (Lipinski definition) is 0. The van der Waals surface area contributed by atoms with Crippen molar-refractivity contribution in [3.8, 4) is 0 Å². The molecule has 0 unspecified atom stereocenters. The van der Waals surface area contributed by atoms with E-state index in [0.717, 1.165) is 0 Å². The third-order valence-electron chi connectivity index (χ3n) is 4.79. The summed E-state index contributed by atoms with van der Waals surface area (Å²) in [6, 6.07) is 33.6. The minimum absolute atomic E-state index is 0.0399. The van der Waals surface area contributed by atoms with Crippen LogP contribution in [-0.2, 0) is 3.42 Å². The fraction of sp³-hybridized carbons (Fsp3) is 0.217. The standard InChI is InChI=1S/C23H27ISi/c1-24(25(2,3)4)23(20-14-8-5-9-15-20,21-16-10-6-11-17-21)22-18-12-7-13-19-22/h5-19H,1-4H3. The Labute approximate surface area is 159 Å². The second-order valence-electron chi connectivity index (χ2n) is 7.30. The predicted octanol–water partition coefficient (Wildman–Crippen LogP) is 6.95. The molecule has 0 saturated heterocycles. The average Bonchev–Trinajstić information content (AvgIpc) is 2.64. The van der Waals surface area contributed by atoms with Gasteiger partial charge in [-0.15, -0.1) is 0 Å². The second-order valence-corrected chi connectivity index (χ2v) is 29.3. The molecule has 0 aliphatic rings. The summed E-state index contributed by atoms with van der Waals surface area (Å²) in [4.78, 5) is 2.61. The van der Waals surface area contributed by atoms with E-state index >= 15 is 0 Å². The Morgan fingerprint density at radius 1 is 0.560 bits per heavy atom. The Morgan fingerprint density at radius 3 is 1.08 bits per heavy atom. The van der Waals surface area contributed by atoms with Crippen LogP contribution < -0.4 is 0 Å². The number of hydrogen-bond donors (Lipinski definition) is 0. The molecule has 2 heteroatoms. The van der Waals surface area contributed by atoms with Crippen LogP contribution in [-0.4, -0.2) is 10.5 Å². The van der Waals surface area contributed by atoms with E-state index in [0.29, 0.717) is 0 Å². The van der Waals surface area contributed by atoms with Gasteiger partial charge in [0, 0.05) is 0 Å². The van der Waals surface area contributed by atoms with Gasteiger partial charge in [-0.3, -0.25) is 0 Å². The zero-order valence-corrected chi connectivity index (χ0v) is 18.7. The third-order valence-corrected chi connectivity index (χ3v) is 27.3. The second kappa shape index (κ2) is 7.46. The molecule has 0 aromatic heterocycles. The topological polar surface area (TPSA) is 0 Å². The van der Waals surface area contributed by atoms with Gasteiger partial charge in [0.25, 0.3) is 0 Å². The molecule has 0 saturated carbocycles. The van der Waals surface area contributed by atoms with Crippen LogP contribution in [0.4, 0.5) is 0 Å². The molecule has 0 atom stereocenters. The zero-order valence-electron chi connectivity index (χ0n) is 15.5. The third kappa shape index (κ3) is 3.47. The summed E-state index contributed by atoms with van der Waals surface area (Å²) in [5.41, 5.74) is 3.09. The Balaban J connectivity index is 2.40. The monoisotopic (exact) mass is 458 g/mol. The van der Waals surface area contributed by atoms with Crippen molar-refractivity contribution >= 4 is 24.6 Å². The Hall–Kier alpha value is -1.39. The van der Waals surface area contributed by atoms with Crippen molar-refractivity contribution in [2.45, 2.75) is 23.1 Å². The Bertz CT molecular complexity index is 695. The molecule has 0 aliphatic heterocycles. The number of rotatable bonds is 5. The Morgan fingerprint density at radius 2 is 0.840 bits per heavy atom. The van der Waals surface area contributed by atoms with Gasteiger partial charge in [0.05, 0.1) is 0 Å². The van der Waals surface area contributed by atoms with Gasteiger partial charge in [0.15, 0.2) is 0 Å². The van der Waals surface area contributed by atoms with E-state index in [1.165, 1.54) is 16.7 Å². The van der Waals surface area contributed by atoms with Crippen LogP contribution in [0.3, 0.4) is 0 Å². The molecule has 25 heavy (non-hydrogen) atoms. The molecule has 0 heterocycles. The molecule has 0 radical (unpaired) electrons. The summed E-state index contributed by atoms with van der Waals surface area (Å²) in [5.74, 6) is 0. The molecule has 3 aromatic rings. The molecule has 0 amide bonds. The van der Waals surface area contributed by atoms with E-state index in [1.807, 2.05) is 0 Å². The minimum atomic E-state index is -1.40. The van der Waals surface area contributed by atoms with Crippen molar-refractivity contribution < 1.29 is 0 Å². The number of benzene rings is 3. The number of halogens is 1. The summed E-state index contributed by atoms with van der Waals surface area (Å²) in [7, 11) is 0. The molecule has 0 N–H and O–H groups in total. The van der Waals surface area contributed by atoms with Crippen molar-refractivity contribution in [1.29, 1.82) is 0 Å². The molecule has 0 nitrogen and oxygen atoms in total. The first-order valence-electron chi connectivity index (χ1n) is 8.74. The van der Waals surface area contributed by atoms with Gasteiger partial charge in [0.1, 0.15) is 0 Å². The summed E-state index contributed by atoms with van der Waals surface area (Å²) >= 11 is -1.40. The van der Waals surface area contributed by atoms with E-state index < -0.39 is 24.6 Å². The van der Waals surface area contributed by atoms with Crippen LogP contribution in [0.2, 0.25) is 19.6 Å². The van der Waals surface area contributed by atoms with Gasteiger partial charge < -0.3 is 0 Å². The molecule has 0 fully saturated rings. The van der Waals surface area contributed by atoms with Crippen molar-refractivity contribution in [2.24, 2.45) is 0 Å². The predicted molar refractivity (Wildman–Crippen MR) is 122 cm³/mol. The van der Waals surface area contributed by atoms with E-state index in [2.05, 4.69) is 116 Å². The van der Waals surface area contributed by atoms with Crippen molar-refractivity contribution in [3.63, 3.8) is 0 Å². The summed E-state index contributed by atoms with van der Waals surface area (Å²) in [6.45, 7) is 7.67. The van der Waals surface area contributed by atoms with Gasteiger partial charge in [-0.1, -0.05) is 0 Å². The molecule has 130 valence electrons. The fourth-order valence-electron chi connectivity index (χ4n) is 3.42. The molecule has 0 spiro atoms. The normalized spacial score (nSPS) is 12.7. The first-order valence-corrected chi connectivity index (χ1v) is 18.6. The molecular weight excluding hydrogens is 431 g/mol. The maximum absolute atomic E-state index is 2.61. The van der Waals surface area contributed by atoms with Gasteiger partial charge >= 0.3 is 160 Å². The van der Waals surface area contributed by atoms with Crippen LogP contribution in [0, 0.1) is 0 Å². The van der Waals surface area contributed by atoms with E-state index in [-0.39, 0.29) is 3.42 Å². The number of alkyl halides is 2. The van der Waals surface area contributed by atoms with Gasteiger partial charge in [-0.2, -0.15) is 0 Å². The summed E-state index contributed by atoms with van der Waals surface area (Å²) < 4.78 is 0.0399. The fourth-order valence-corrected chi connectivity index (χ4v) is 17.6. The summed E-state index contributed by atoms with van der Waals surface area (Å²) in [5, 5.41) is 0. The van der Waals surface area contributed by atoms with Gasteiger partial charge in [-0.25, -0.2) is 0 Å². The van der Waals surface area contributed by atoms with Crippen molar-refractivity contribution in [3.05, 3.63) is 108 Å². The molecular formula is C23H27ISi. The van der Waals surface area contributed by atoms with Crippen molar-refractivity contribution in [1.82, 2.24) is 0 Å². The molecule has 0 bridgehead atoms. The SMILES string of the molecule is CI(C(c1ccccc1)(c1ccccc1)c1ccccc1)[Si](C)(C)C. The first kappa shape index (κ1) is 18.4. The Kier molecular flexibility index (Phi) is 5.49.